The number of nitrogens with zero attached hydrogens (tertiary/aromatic N) is 7. The maximum atomic E-state index is 17.9. The van der Waals surface area contributed by atoms with Crippen molar-refractivity contribution in [2.24, 2.45) is 18.4 Å². The molecule has 4 atom stereocenters. The lowest BCUT2D eigenvalue weighted by molar-refractivity contribution is -0.0484. The van der Waals surface area contributed by atoms with E-state index >= 15 is 8.78 Å². The van der Waals surface area contributed by atoms with Crippen LogP contribution in [0.4, 0.5) is 23.4 Å². The normalized spacial score (nSPS) is 28.5. The Bertz CT molecular complexity index is 2520. The van der Waals surface area contributed by atoms with Crippen molar-refractivity contribution in [2.45, 2.75) is 62.1 Å². The van der Waals surface area contributed by atoms with Crippen molar-refractivity contribution in [1.82, 2.24) is 29.5 Å². The molecular weight excluding hydrogens is 726 g/mol. The van der Waals surface area contributed by atoms with E-state index in [-0.39, 0.29) is 70.0 Å². The molecule has 290 valence electrons. The van der Waals surface area contributed by atoms with Gasteiger partial charge in [-0.05, 0) is 67.8 Å². The fourth-order valence-corrected chi connectivity index (χ4v) is 11.1. The van der Waals surface area contributed by atoms with E-state index in [0.717, 1.165) is 65.1 Å². The van der Waals surface area contributed by atoms with Crippen LogP contribution in [0.25, 0.3) is 43.7 Å². The smallest absolute Gasteiger partial charge is 0.319 e. The van der Waals surface area contributed by atoms with Gasteiger partial charge in [-0.2, -0.15) is 15.1 Å². The molecule has 5 aliphatic heterocycles. The van der Waals surface area contributed by atoms with Crippen LogP contribution in [0.5, 0.6) is 11.8 Å². The van der Waals surface area contributed by atoms with Crippen molar-refractivity contribution in [3.05, 3.63) is 47.7 Å². The molecule has 5 aromatic rings. The zero-order valence-corrected chi connectivity index (χ0v) is 31.0. The van der Waals surface area contributed by atoms with Gasteiger partial charge in [0.25, 0.3) is 5.92 Å². The molecule has 1 spiro atoms. The zero-order chi connectivity index (χ0) is 38.3. The van der Waals surface area contributed by atoms with E-state index in [9.17, 15) is 13.9 Å². The first-order valence-corrected chi connectivity index (χ1v) is 19.6. The van der Waals surface area contributed by atoms with E-state index in [2.05, 4.69) is 20.6 Å². The fourth-order valence-electron chi connectivity index (χ4n) is 11.1. The summed E-state index contributed by atoms with van der Waals surface area (Å²) < 4.78 is 76.1. The lowest BCUT2D eigenvalue weighted by Gasteiger charge is -2.44. The van der Waals surface area contributed by atoms with E-state index in [4.69, 9.17) is 31.0 Å². The number of rotatable bonds is 7. The molecule has 2 unspecified atom stereocenters. The molecule has 3 aromatic carbocycles. The van der Waals surface area contributed by atoms with Crippen LogP contribution in [0, 0.1) is 35.3 Å². The quantitative estimate of drug-likeness (QED) is 0.153. The third-order valence-corrected chi connectivity index (χ3v) is 13.7. The molecule has 14 heteroatoms. The Hall–Kier alpha value is -4.71. The highest BCUT2D eigenvalue weighted by atomic mass is 19.3. The molecule has 10 nitrogen and oxygen atoms in total. The fraction of sp³-hybridized carbons (Fsp3) is 0.500. The lowest BCUT2D eigenvalue weighted by atomic mass is 9.89. The first-order chi connectivity index (χ1) is 27.0. The first-order valence-electron chi connectivity index (χ1n) is 19.6. The van der Waals surface area contributed by atoms with E-state index in [0.29, 0.717) is 40.9 Å². The number of phenolic OH excluding ortho intramolecular Hbond substituents is 1. The number of aromatic hydroxyl groups is 1. The first kappa shape index (κ1) is 34.5. The summed E-state index contributed by atoms with van der Waals surface area (Å²) in [5, 5.41) is 17.4. The zero-order valence-electron chi connectivity index (χ0n) is 31.0. The van der Waals surface area contributed by atoms with Gasteiger partial charge in [-0.15, -0.1) is 6.42 Å². The van der Waals surface area contributed by atoms with Gasteiger partial charge >= 0.3 is 6.01 Å². The number of piperazine rings is 1. The average Bonchev–Trinajstić information content (AvgIpc) is 3.61. The van der Waals surface area contributed by atoms with Crippen LogP contribution < -0.4 is 9.64 Å². The maximum Gasteiger partial charge on any atom is 0.319 e. The van der Waals surface area contributed by atoms with E-state index < -0.39 is 28.5 Å². The number of terminal acetylenes is 1. The minimum absolute atomic E-state index is 0.0106. The summed E-state index contributed by atoms with van der Waals surface area (Å²) in [6, 6.07) is 5.74. The third-order valence-electron chi connectivity index (χ3n) is 13.7. The summed E-state index contributed by atoms with van der Waals surface area (Å²) in [5.41, 5.74) is -1.21. The molecule has 6 fully saturated rings. The van der Waals surface area contributed by atoms with E-state index in [1.54, 1.807) is 17.9 Å². The number of fused-ring (bicyclic) bond motifs is 7. The lowest BCUT2D eigenvalue weighted by Crippen LogP contribution is -2.56. The van der Waals surface area contributed by atoms with Gasteiger partial charge in [0.1, 0.15) is 35.0 Å². The summed E-state index contributed by atoms with van der Waals surface area (Å²) in [7, 11) is 1.75. The van der Waals surface area contributed by atoms with Gasteiger partial charge in [0.2, 0.25) is 0 Å². The van der Waals surface area contributed by atoms with E-state index in [1.807, 2.05) is 0 Å². The minimum Gasteiger partial charge on any atom is -0.508 e. The topological polar surface area (TPSA) is 92.0 Å². The summed E-state index contributed by atoms with van der Waals surface area (Å²) in [6.45, 7) is 5.30. The Morgan fingerprint density at radius 3 is 2.55 bits per heavy atom. The molecule has 0 amide bonds. The largest absolute Gasteiger partial charge is 0.508 e. The SMILES string of the molecule is C#Cc1c(F)ccc2cc(O)cc(-c3c(F)c4nc(OC[C@@]56CCCN5C[C@@]5(CC5(F)F)C6)nc(N5C6CCC5CN(CC5COC5)C6)c4c4cn(C)nc34)c12. The third kappa shape index (κ3) is 4.96. The van der Waals surface area contributed by atoms with Crippen molar-refractivity contribution < 1.29 is 32.1 Å². The van der Waals surface area contributed by atoms with Crippen molar-refractivity contribution in [3.63, 3.8) is 0 Å². The minimum atomic E-state index is -2.68. The standard InChI is InChI=1S/C42H41F4N7O3/c1-3-28-31(43)8-5-24-11-27(54)12-29(32(24)28)33-35(44)37-34(30-16-50(2)49-36(30)33)38(53-25-6-7-26(53)15-51(14-25)13-23-17-55-18-23)48-39(47-37)56-22-41-9-4-10-52(41)21-40(19-41)20-42(40,45)46/h1,5,8,11-12,16,23,25-26,54H,4,6-7,9-10,13-15,17-22H2,2H3/t25?,26?,40-,41-/m0/s1. The van der Waals surface area contributed by atoms with Crippen LogP contribution in [-0.2, 0) is 11.8 Å². The number of hydrogen-bond acceptors (Lipinski definition) is 9. The van der Waals surface area contributed by atoms with Gasteiger partial charge in [-0.1, -0.05) is 12.0 Å². The van der Waals surface area contributed by atoms with Crippen LogP contribution in [0.15, 0.2) is 30.5 Å². The second-order valence-electron chi connectivity index (χ2n) is 17.3. The molecule has 1 N–H and O–H groups in total. The molecule has 11 rings (SSSR count). The maximum absolute atomic E-state index is 17.9. The van der Waals surface area contributed by atoms with Crippen molar-refractivity contribution in [2.75, 3.05) is 57.4 Å². The molecule has 56 heavy (non-hydrogen) atoms. The van der Waals surface area contributed by atoms with Crippen LogP contribution in [0.1, 0.15) is 44.1 Å². The second-order valence-corrected chi connectivity index (χ2v) is 17.3. The Kier molecular flexibility index (Phi) is 7.34. The number of likely N-dealkylation sites (tertiary alicyclic amines) is 1. The summed E-state index contributed by atoms with van der Waals surface area (Å²) in [6.07, 6.45) is 11.3. The van der Waals surface area contributed by atoms with Gasteiger partial charge in [-0.3, -0.25) is 14.5 Å². The molecular formula is C42H41F4N7O3. The number of anilines is 1. The number of alkyl halides is 2. The Morgan fingerprint density at radius 2 is 1.84 bits per heavy atom. The van der Waals surface area contributed by atoms with Crippen molar-refractivity contribution in [3.8, 4) is 35.2 Å². The van der Waals surface area contributed by atoms with Gasteiger partial charge in [-0.25, -0.2) is 17.6 Å². The number of hydrogen-bond donors (Lipinski definition) is 1. The van der Waals surface area contributed by atoms with Gasteiger partial charge < -0.3 is 19.5 Å². The Balaban J connectivity index is 1.10. The highest BCUT2D eigenvalue weighted by Gasteiger charge is 2.77. The average molecular weight is 768 g/mol. The summed E-state index contributed by atoms with van der Waals surface area (Å²) in [4.78, 5) is 16.9. The number of halogens is 4. The van der Waals surface area contributed by atoms with Crippen LogP contribution >= 0.6 is 0 Å². The van der Waals surface area contributed by atoms with Gasteiger partial charge in [0, 0.05) is 80.2 Å². The number of ether oxygens (including phenoxy) is 2. The molecule has 1 saturated carbocycles. The molecule has 6 aliphatic rings. The molecule has 7 heterocycles. The number of phenols is 1. The van der Waals surface area contributed by atoms with E-state index in [1.165, 1.54) is 24.3 Å². The Morgan fingerprint density at radius 1 is 1.05 bits per heavy atom. The van der Waals surface area contributed by atoms with Crippen molar-refractivity contribution >= 4 is 38.4 Å². The molecule has 1 aliphatic carbocycles. The second kappa shape index (κ2) is 11.9. The van der Waals surface area contributed by atoms with Gasteiger partial charge in [0.05, 0.1) is 35.1 Å². The summed E-state index contributed by atoms with van der Waals surface area (Å²) in [5.74, 6) is -0.739. The highest BCUT2D eigenvalue weighted by Crippen LogP contribution is 2.69. The number of benzene rings is 3. The predicted octanol–water partition coefficient (Wildman–Crippen LogP) is 6.24. The number of aryl methyl sites for hydroxylation is 1. The predicted molar refractivity (Wildman–Crippen MR) is 202 cm³/mol. The monoisotopic (exact) mass is 767 g/mol. The van der Waals surface area contributed by atoms with Crippen LogP contribution in [-0.4, -0.2) is 111 Å². The van der Waals surface area contributed by atoms with Crippen LogP contribution in [0.2, 0.25) is 0 Å². The van der Waals surface area contributed by atoms with Crippen LogP contribution in [0.3, 0.4) is 0 Å². The number of aromatic nitrogens is 4. The molecule has 2 aromatic heterocycles. The highest BCUT2D eigenvalue weighted by molar-refractivity contribution is 6.18. The van der Waals surface area contributed by atoms with Crippen molar-refractivity contribution in [1.29, 1.82) is 0 Å². The Labute approximate surface area is 320 Å². The molecule has 5 saturated heterocycles. The summed E-state index contributed by atoms with van der Waals surface area (Å²) >= 11 is 0. The molecule has 0 radical (unpaired) electrons. The van der Waals surface area contributed by atoms with Gasteiger partial charge in [0.15, 0.2) is 5.82 Å². The molecule has 2 bridgehead atoms.